The Labute approximate surface area is 117 Å². The van der Waals surface area contributed by atoms with Crippen molar-refractivity contribution in [3.63, 3.8) is 0 Å². The SMILES string of the molecule is Nc1cccc(C(=O)O)c1N1CCC(OCCO)CC1. The lowest BCUT2D eigenvalue weighted by atomic mass is 10.0. The Morgan fingerprint density at radius 1 is 1.40 bits per heavy atom. The summed E-state index contributed by atoms with van der Waals surface area (Å²) in [6.07, 6.45) is 1.72. The van der Waals surface area contributed by atoms with Gasteiger partial charge < -0.3 is 25.6 Å². The fourth-order valence-electron chi connectivity index (χ4n) is 2.55. The number of nitrogens with two attached hydrogens (primary N) is 1. The summed E-state index contributed by atoms with van der Waals surface area (Å²) in [4.78, 5) is 13.3. The number of hydrogen-bond acceptors (Lipinski definition) is 5. The summed E-state index contributed by atoms with van der Waals surface area (Å²) in [5, 5.41) is 18.0. The number of aromatic carboxylic acids is 1. The molecule has 0 aromatic heterocycles. The van der Waals surface area contributed by atoms with E-state index >= 15 is 0 Å². The molecule has 0 radical (unpaired) electrons. The number of nitrogen functional groups attached to an aromatic ring is 1. The van der Waals surface area contributed by atoms with Crippen LogP contribution in [0.4, 0.5) is 11.4 Å². The van der Waals surface area contributed by atoms with E-state index < -0.39 is 5.97 Å². The molecule has 1 fully saturated rings. The second-order valence-electron chi connectivity index (χ2n) is 4.83. The average Bonchev–Trinajstić information content (AvgIpc) is 2.45. The molecule has 1 heterocycles. The molecule has 0 atom stereocenters. The zero-order chi connectivity index (χ0) is 14.5. The minimum Gasteiger partial charge on any atom is -0.478 e. The van der Waals surface area contributed by atoms with Gasteiger partial charge in [0.25, 0.3) is 0 Å². The summed E-state index contributed by atoms with van der Waals surface area (Å²) >= 11 is 0. The number of rotatable bonds is 5. The second kappa shape index (κ2) is 6.58. The summed E-state index contributed by atoms with van der Waals surface area (Å²) in [6.45, 7) is 1.77. The molecule has 1 aromatic rings. The molecule has 2 rings (SSSR count). The largest absolute Gasteiger partial charge is 0.478 e. The Bertz CT molecular complexity index is 470. The number of aliphatic hydroxyl groups is 1. The highest BCUT2D eigenvalue weighted by atomic mass is 16.5. The number of hydrogen-bond donors (Lipinski definition) is 3. The van der Waals surface area contributed by atoms with Gasteiger partial charge in [-0.15, -0.1) is 0 Å². The molecule has 0 saturated carbocycles. The maximum Gasteiger partial charge on any atom is 0.337 e. The Kier molecular flexibility index (Phi) is 4.81. The van der Waals surface area contributed by atoms with Crippen LogP contribution in [0.15, 0.2) is 18.2 Å². The first-order valence-corrected chi connectivity index (χ1v) is 6.72. The Balaban J connectivity index is 2.09. The van der Waals surface area contributed by atoms with Gasteiger partial charge in [0.15, 0.2) is 0 Å². The number of carboxylic acids is 1. The van der Waals surface area contributed by atoms with Gasteiger partial charge >= 0.3 is 5.97 Å². The number of anilines is 2. The fraction of sp³-hybridized carbons (Fsp3) is 0.500. The van der Waals surface area contributed by atoms with Gasteiger partial charge in [0, 0.05) is 13.1 Å². The van der Waals surface area contributed by atoms with Crippen LogP contribution in [0.5, 0.6) is 0 Å². The van der Waals surface area contributed by atoms with Crippen molar-refractivity contribution >= 4 is 17.3 Å². The second-order valence-corrected chi connectivity index (χ2v) is 4.83. The number of benzene rings is 1. The molecule has 0 amide bonds. The molecular formula is C14H20N2O4. The van der Waals surface area contributed by atoms with Crippen molar-refractivity contribution in [2.75, 3.05) is 36.9 Å². The molecule has 0 unspecified atom stereocenters. The monoisotopic (exact) mass is 280 g/mol. The van der Waals surface area contributed by atoms with Crippen molar-refractivity contribution in [1.29, 1.82) is 0 Å². The van der Waals surface area contributed by atoms with Crippen LogP contribution in [-0.2, 0) is 4.74 Å². The van der Waals surface area contributed by atoms with Gasteiger partial charge in [-0.2, -0.15) is 0 Å². The number of carbonyl (C=O) groups is 1. The number of aliphatic hydroxyl groups excluding tert-OH is 1. The van der Waals surface area contributed by atoms with E-state index in [0.29, 0.717) is 31.1 Å². The van der Waals surface area contributed by atoms with Crippen LogP contribution in [0.2, 0.25) is 0 Å². The first-order chi connectivity index (χ1) is 9.63. The molecule has 110 valence electrons. The lowest BCUT2D eigenvalue weighted by Crippen LogP contribution is -2.38. The minimum absolute atomic E-state index is 0.0228. The quantitative estimate of drug-likeness (QED) is 0.695. The van der Waals surface area contributed by atoms with Crippen molar-refractivity contribution in [3.8, 4) is 0 Å². The van der Waals surface area contributed by atoms with E-state index in [2.05, 4.69) is 0 Å². The van der Waals surface area contributed by atoms with Crippen molar-refractivity contribution in [3.05, 3.63) is 23.8 Å². The summed E-state index contributed by atoms with van der Waals surface area (Å²) in [7, 11) is 0. The predicted octanol–water partition coefficient (Wildman–Crippen LogP) is 0.945. The van der Waals surface area contributed by atoms with Gasteiger partial charge in [-0.25, -0.2) is 4.79 Å². The summed E-state index contributed by atoms with van der Waals surface area (Å²) < 4.78 is 5.50. The molecule has 1 aromatic carbocycles. The molecule has 1 saturated heterocycles. The zero-order valence-corrected chi connectivity index (χ0v) is 11.3. The molecule has 6 nitrogen and oxygen atoms in total. The normalized spacial score (nSPS) is 16.4. The molecule has 20 heavy (non-hydrogen) atoms. The Morgan fingerprint density at radius 2 is 2.10 bits per heavy atom. The van der Waals surface area contributed by atoms with Crippen LogP contribution in [0.25, 0.3) is 0 Å². The summed E-state index contributed by atoms with van der Waals surface area (Å²) in [5.41, 5.74) is 7.25. The van der Waals surface area contributed by atoms with E-state index in [0.717, 1.165) is 12.8 Å². The number of ether oxygens (including phenoxy) is 1. The van der Waals surface area contributed by atoms with Crippen LogP contribution in [-0.4, -0.2) is 48.6 Å². The van der Waals surface area contributed by atoms with Gasteiger partial charge in [-0.1, -0.05) is 6.07 Å². The van der Waals surface area contributed by atoms with E-state index in [-0.39, 0.29) is 18.3 Å². The maximum absolute atomic E-state index is 11.3. The number of nitrogens with zero attached hydrogens (tertiary/aromatic N) is 1. The Hall–Kier alpha value is -1.79. The van der Waals surface area contributed by atoms with E-state index in [1.54, 1.807) is 18.2 Å². The van der Waals surface area contributed by atoms with Crippen LogP contribution >= 0.6 is 0 Å². The lowest BCUT2D eigenvalue weighted by molar-refractivity contribution is 0.0159. The first kappa shape index (κ1) is 14.6. The van der Waals surface area contributed by atoms with Crippen LogP contribution in [0.1, 0.15) is 23.2 Å². The third-order valence-electron chi connectivity index (χ3n) is 3.50. The molecule has 1 aliphatic rings. The zero-order valence-electron chi connectivity index (χ0n) is 11.3. The van der Waals surface area contributed by atoms with Gasteiger partial charge in [-0.05, 0) is 25.0 Å². The third kappa shape index (κ3) is 3.20. The fourth-order valence-corrected chi connectivity index (χ4v) is 2.55. The smallest absolute Gasteiger partial charge is 0.337 e. The van der Waals surface area contributed by atoms with E-state index in [9.17, 15) is 9.90 Å². The molecule has 1 aliphatic heterocycles. The molecule has 4 N–H and O–H groups in total. The van der Waals surface area contributed by atoms with E-state index in [4.69, 9.17) is 15.6 Å². The molecule has 0 aliphatic carbocycles. The number of piperidine rings is 1. The predicted molar refractivity (Wildman–Crippen MR) is 76.1 cm³/mol. The van der Waals surface area contributed by atoms with Gasteiger partial charge in [0.05, 0.1) is 36.3 Å². The highest BCUT2D eigenvalue weighted by Gasteiger charge is 2.24. The van der Waals surface area contributed by atoms with Crippen molar-refractivity contribution < 1.29 is 19.7 Å². The van der Waals surface area contributed by atoms with Crippen molar-refractivity contribution in [2.45, 2.75) is 18.9 Å². The van der Waals surface area contributed by atoms with Crippen LogP contribution in [0, 0.1) is 0 Å². The lowest BCUT2D eigenvalue weighted by Gasteiger charge is -2.34. The number of para-hydroxylation sites is 1. The van der Waals surface area contributed by atoms with Crippen molar-refractivity contribution in [2.24, 2.45) is 0 Å². The Morgan fingerprint density at radius 3 is 2.70 bits per heavy atom. The highest BCUT2D eigenvalue weighted by molar-refractivity contribution is 5.98. The standard InChI is InChI=1S/C14H20N2O4/c15-12-3-1-2-11(14(18)19)13(12)16-6-4-10(5-7-16)20-9-8-17/h1-3,10,17H,4-9,15H2,(H,18,19). The van der Waals surface area contributed by atoms with Crippen molar-refractivity contribution in [1.82, 2.24) is 0 Å². The van der Waals surface area contributed by atoms with Gasteiger partial charge in [0.1, 0.15) is 0 Å². The summed E-state index contributed by atoms with van der Waals surface area (Å²) in [6, 6.07) is 4.94. The summed E-state index contributed by atoms with van der Waals surface area (Å²) in [5.74, 6) is -0.967. The third-order valence-corrected chi connectivity index (χ3v) is 3.50. The minimum atomic E-state index is -0.967. The molecule has 0 bridgehead atoms. The molecule has 6 heteroatoms. The van der Waals surface area contributed by atoms with Gasteiger partial charge in [-0.3, -0.25) is 0 Å². The highest BCUT2D eigenvalue weighted by Crippen LogP contribution is 2.30. The van der Waals surface area contributed by atoms with Gasteiger partial charge in [0.2, 0.25) is 0 Å². The van der Waals surface area contributed by atoms with Crippen LogP contribution < -0.4 is 10.6 Å². The van der Waals surface area contributed by atoms with E-state index in [1.165, 1.54) is 0 Å². The van der Waals surface area contributed by atoms with E-state index in [1.807, 2.05) is 4.90 Å². The van der Waals surface area contributed by atoms with Crippen LogP contribution in [0.3, 0.4) is 0 Å². The first-order valence-electron chi connectivity index (χ1n) is 6.72. The molecule has 0 spiro atoms. The maximum atomic E-state index is 11.3. The number of carboxylic acid groups (broad SMARTS) is 1. The average molecular weight is 280 g/mol. The topological polar surface area (TPSA) is 96.0 Å². The molecular weight excluding hydrogens is 260 g/mol.